The Hall–Kier alpha value is -1.58. The third kappa shape index (κ3) is 3.90. The van der Waals surface area contributed by atoms with Crippen molar-refractivity contribution in [2.24, 2.45) is 7.05 Å². The van der Waals surface area contributed by atoms with Gasteiger partial charge in [-0.3, -0.25) is 4.68 Å². The van der Waals surface area contributed by atoms with Gasteiger partial charge in [-0.15, -0.1) is 10.2 Å². The van der Waals surface area contributed by atoms with Gasteiger partial charge in [-0.2, -0.15) is 18.3 Å². The highest BCUT2D eigenvalue weighted by atomic mass is 35.5. The summed E-state index contributed by atoms with van der Waals surface area (Å²) in [5.74, 6) is 0.630. The first-order valence-electron chi connectivity index (χ1n) is 6.65. The van der Waals surface area contributed by atoms with E-state index in [2.05, 4.69) is 15.3 Å². The van der Waals surface area contributed by atoms with Crippen molar-refractivity contribution in [1.29, 1.82) is 0 Å². The predicted molar refractivity (Wildman–Crippen MR) is 88.1 cm³/mol. The molecule has 0 radical (unpaired) electrons. The monoisotopic (exact) mass is 390 g/mol. The maximum Gasteiger partial charge on any atom is 0.435 e. The van der Waals surface area contributed by atoms with E-state index in [1.54, 1.807) is 12.1 Å². The molecule has 2 aromatic heterocycles. The third-order valence-electron chi connectivity index (χ3n) is 3.01. The molecular formula is C14H10ClF3N4S2. The summed E-state index contributed by atoms with van der Waals surface area (Å²) in [6, 6.07) is 7.35. The summed E-state index contributed by atoms with van der Waals surface area (Å²) in [6.07, 6.45) is -3.23. The van der Waals surface area contributed by atoms with Gasteiger partial charge >= 0.3 is 6.18 Å². The van der Waals surface area contributed by atoms with E-state index in [1.807, 2.05) is 12.1 Å². The lowest BCUT2D eigenvalue weighted by molar-refractivity contribution is -0.140. The van der Waals surface area contributed by atoms with E-state index in [0.717, 1.165) is 21.6 Å². The maximum atomic E-state index is 13.0. The molecule has 2 heterocycles. The van der Waals surface area contributed by atoms with Crippen LogP contribution in [-0.2, 0) is 19.0 Å². The second kappa shape index (κ2) is 6.73. The van der Waals surface area contributed by atoms with Gasteiger partial charge < -0.3 is 0 Å². The molecule has 3 rings (SSSR count). The highest BCUT2D eigenvalue weighted by Gasteiger charge is 2.38. The average molecular weight is 391 g/mol. The molecule has 0 spiro atoms. The molecule has 0 N–H and O–H groups in total. The fourth-order valence-corrected chi connectivity index (χ4v) is 3.90. The first-order chi connectivity index (χ1) is 11.3. The van der Waals surface area contributed by atoms with Crippen LogP contribution in [0, 0.1) is 0 Å². The van der Waals surface area contributed by atoms with E-state index in [4.69, 9.17) is 11.6 Å². The van der Waals surface area contributed by atoms with Gasteiger partial charge in [0.05, 0.1) is 5.56 Å². The summed E-state index contributed by atoms with van der Waals surface area (Å²) >= 11 is 8.35. The number of halogens is 4. The standard InChI is InChI=1S/C14H10ClF3N4S2/c1-22-6-10(11(21-22)14(16,17)18)12-19-20-13(24-12)23-7-8-2-4-9(15)5-3-8/h2-6H,7H2,1H3. The Kier molecular flexibility index (Phi) is 4.84. The van der Waals surface area contributed by atoms with Crippen molar-refractivity contribution in [3.8, 4) is 10.6 Å². The Balaban J connectivity index is 1.77. The molecule has 1 aromatic carbocycles. The lowest BCUT2D eigenvalue weighted by atomic mass is 10.2. The highest BCUT2D eigenvalue weighted by Crippen LogP contribution is 2.38. The van der Waals surface area contributed by atoms with Crippen LogP contribution in [0.25, 0.3) is 10.6 Å². The summed E-state index contributed by atoms with van der Waals surface area (Å²) in [4.78, 5) is 0. The second-order valence-electron chi connectivity index (χ2n) is 4.85. The van der Waals surface area contributed by atoms with E-state index in [-0.39, 0.29) is 10.6 Å². The van der Waals surface area contributed by atoms with E-state index >= 15 is 0 Å². The molecule has 0 atom stereocenters. The lowest BCUT2D eigenvalue weighted by Crippen LogP contribution is -2.08. The summed E-state index contributed by atoms with van der Waals surface area (Å²) in [7, 11) is 1.44. The fourth-order valence-electron chi connectivity index (χ4n) is 1.96. The molecule has 0 saturated carbocycles. The van der Waals surface area contributed by atoms with Crippen LogP contribution in [0.1, 0.15) is 11.3 Å². The van der Waals surface area contributed by atoms with Gasteiger partial charge in [0, 0.05) is 24.0 Å². The Morgan fingerprint density at radius 2 is 1.92 bits per heavy atom. The zero-order valence-electron chi connectivity index (χ0n) is 12.2. The van der Waals surface area contributed by atoms with Crippen LogP contribution in [0.3, 0.4) is 0 Å². The van der Waals surface area contributed by atoms with Crippen molar-refractivity contribution in [2.75, 3.05) is 0 Å². The second-order valence-corrected chi connectivity index (χ2v) is 7.49. The zero-order valence-corrected chi connectivity index (χ0v) is 14.6. The van der Waals surface area contributed by atoms with Crippen LogP contribution < -0.4 is 0 Å². The first-order valence-corrected chi connectivity index (χ1v) is 8.83. The summed E-state index contributed by atoms with van der Waals surface area (Å²) < 4.78 is 40.8. The van der Waals surface area contributed by atoms with Gasteiger partial charge in [0.1, 0.15) is 0 Å². The van der Waals surface area contributed by atoms with Crippen LogP contribution in [0.4, 0.5) is 13.2 Å². The highest BCUT2D eigenvalue weighted by molar-refractivity contribution is 8.00. The van der Waals surface area contributed by atoms with Crippen molar-refractivity contribution in [3.05, 3.63) is 46.7 Å². The molecule has 0 aliphatic rings. The molecular weight excluding hydrogens is 381 g/mol. The number of rotatable bonds is 4. The number of aryl methyl sites for hydroxylation is 1. The number of alkyl halides is 3. The van der Waals surface area contributed by atoms with E-state index in [9.17, 15) is 13.2 Å². The minimum absolute atomic E-state index is 0.0548. The smallest absolute Gasteiger partial charge is 0.274 e. The Bertz CT molecular complexity index is 843. The van der Waals surface area contributed by atoms with Crippen molar-refractivity contribution >= 4 is 34.7 Å². The largest absolute Gasteiger partial charge is 0.435 e. The number of aromatic nitrogens is 4. The predicted octanol–water partition coefficient (Wildman–Crippen LogP) is 4.90. The molecule has 0 saturated heterocycles. The number of hydrogen-bond acceptors (Lipinski definition) is 5. The SMILES string of the molecule is Cn1cc(-c2nnc(SCc3ccc(Cl)cc3)s2)c(C(F)(F)F)n1. The molecule has 10 heteroatoms. The van der Waals surface area contributed by atoms with E-state index < -0.39 is 11.9 Å². The molecule has 0 fully saturated rings. The van der Waals surface area contributed by atoms with Gasteiger partial charge in [-0.25, -0.2) is 0 Å². The molecule has 0 bridgehead atoms. The number of thioether (sulfide) groups is 1. The third-order valence-corrected chi connectivity index (χ3v) is 5.42. The first kappa shape index (κ1) is 17.2. The topological polar surface area (TPSA) is 43.6 Å². The molecule has 0 aliphatic carbocycles. The van der Waals surface area contributed by atoms with Crippen LogP contribution in [-0.4, -0.2) is 20.0 Å². The minimum Gasteiger partial charge on any atom is -0.274 e. The fraction of sp³-hybridized carbons (Fsp3) is 0.214. The zero-order chi connectivity index (χ0) is 17.3. The van der Waals surface area contributed by atoms with Gasteiger partial charge in [-0.05, 0) is 17.7 Å². The lowest BCUT2D eigenvalue weighted by Gasteiger charge is -2.03. The average Bonchev–Trinajstić information content (AvgIpc) is 3.12. The summed E-state index contributed by atoms with van der Waals surface area (Å²) in [5.41, 5.74) is 0.0368. The molecule has 0 aliphatic heterocycles. The normalized spacial score (nSPS) is 11.9. The van der Waals surface area contributed by atoms with Crippen LogP contribution in [0.5, 0.6) is 0 Å². The van der Waals surface area contributed by atoms with Gasteiger partial charge in [0.2, 0.25) is 0 Å². The molecule has 3 aromatic rings. The Morgan fingerprint density at radius 1 is 1.21 bits per heavy atom. The van der Waals surface area contributed by atoms with Crippen LogP contribution in [0.15, 0.2) is 34.8 Å². The van der Waals surface area contributed by atoms with Crippen molar-refractivity contribution < 1.29 is 13.2 Å². The van der Waals surface area contributed by atoms with E-state index in [0.29, 0.717) is 15.1 Å². The maximum absolute atomic E-state index is 13.0. The molecule has 0 unspecified atom stereocenters. The van der Waals surface area contributed by atoms with Crippen LogP contribution >= 0.6 is 34.7 Å². The quantitative estimate of drug-likeness (QED) is 0.594. The number of nitrogens with zero attached hydrogens (tertiary/aromatic N) is 4. The molecule has 0 amide bonds. The summed E-state index contributed by atoms with van der Waals surface area (Å²) in [6.45, 7) is 0. The Morgan fingerprint density at radius 3 is 2.58 bits per heavy atom. The molecule has 126 valence electrons. The molecule has 24 heavy (non-hydrogen) atoms. The van der Waals surface area contributed by atoms with Crippen molar-refractivity contribution in [2.45, 2.75) is 16.3 Å². The molecule has 4 nitrogen and oxygen atoms in total. The van der Waals surface area contributed by atoms with Gasteiger partial charge in [0.25, 0.3) is 0 Å². The van der Waals surface area contributed by atoms with Gasteiger partial charge in [-0.1, -0.05) is 46.8 Å². The minimum atomic E-state index is -4.53. The Labute approximate surface area is 148 Å². The number of benzene rings is 1. The number of hydrogen-bond donors (Lipinski definition) is 0. The van der Waals surface area contributed by atoms with E-state index in [1.165, 1.54) is 25.0 Å². The summed E-state index contributed by atoms with van der Waals surface area (Å²) in [5, 5.41) is 12.2. The van der Waals surface area contributed by atoms with Crippen molar-refractivity contribution in [1.82, 2.24) is 20.0 Å². The van der Waals surface area contributed by atoms with Crippen molar-refractivity contribution in [3.63, 3.8) is 0 Å². The van der Waals surface area contributed by atoms with Gasteiger partial charge in [0.15, 0.2) is 15.0 Å². The van der Waals surface area contributed by atoms with Crippen LogP contribution in [0.2, 0.25) is 5.02 Å².